The van der Waals surface area contributed by atoms with Gasteiger partial charge in [-0.3, -0.25) is 9.59 Å². The zero-order valence-electron chi connectivity index (χ0n) is 19.7. The van der Waals surface area contributed by atoms with Gasteiger partial charge in [0.05, 0.1) is 14.2 Å². The number of nitrogens with zero attached hydrogens (tertiary/aromatic N) is 1. The molecular formula is C26H32BrClN2O4. The molecule has 2 aromatic rings. The molecule has 1 saturated carbocycles. The van der Waals surface area contributed by atoms with Crippen LogP contribution in [0.1, 0.15) is 49.3 Å². The van der Waals surface area contributed by atoms with Crippen LogP contribution in [0.3, 0.4) is 0 Å². The molecule has 3 rings (SSSR count). The molecule has 0 bridgehead atoms. The maximum absolute atomic E-state index is 13.6. The highest BCUT2D eigenvalue weighted by Crippen LogP contribution is 2.29. The standard InChI is InChI=1S/C26H32BrClN2O4/c1-33-22-12-11-18(15-23(22)34-2)13-14-30(24(31)17-28)25(19-7-6-8-20(27)16-19)26(32)29-21-9-4-3-5-10-21/h6-8,11-12,15-16,21,25H,3-5,9-10,13-14,17H2,1-2H3,(H,29,32). The smallest absolute Gasteiger partial charge is 0.247 e. The van der Waals surface area contributed by atoms with Crippen molar-refractivity contribution in [3.05, 3.63) is 58.1 Å². The Morgan fingerprint density at radius 1 is 1.09 bits per heavy atom. The molecule has 1 aliphatic carbocycles. The van der Waals surface area contributed by atoms with Gasteiger partial charge in [-0.15, -0.1) is 11.6 Å². The van der Waals surface area contributed by atoms with Gasteiger partial charge in [0.2, 0.25) is 11.8 Å². The van der Waals surface area contributed by atoms with Crippen LogP contribution in [-0.4, -0.2) is 49.4 Å². The van der Waals surface area contributed by atoms with Gasteiger partial charge in [-0.1, -0.05) is 53.4 Å². The van der Waals surface area contributed by atoms with Crippen LogP contribution in [0.5, 0.6) is 11.5 Å². The highest BCUT2D eigenvalue weighted by Gasteiger charge is 2.32. The molecule has 1 fully saturated rings. The molecule has 1 aliphatic rings. The lowest BCUT2D eigenvalue weighted by Gasteiger charge is -2.33. The Morgan fingerprint density at radius 3 is 2.47 bits per heavy atom. The second-order valence-electron chi connectivity index (χ2n) is 8.46. The Balaban J connectivity index is 1.88. The number of benzene rings is 2. The summed E-state index contributed by atoms with van der Waals surface area (Å²) in [4.78, 5) is 28.2. The lowest BCUT2D eigenvalue weighted by atomic mass is 9.94. The lowest BCUT2D eigenvalue weighted by molar-refractivity contribution is -0.139. The summed E-state index contributed by atoms with van der Waals surface area (Å²) < 4.78 is 11.6. The third kappa shape index (κ3) is 6.89. The first-order chi connectivity index (χ1) is 16.5. The molecule has 1 atom stereocenters. The maximum Gasteiger partial charge on any atom is 0.247 e. The van der Waals surface area contributed by atoms with Crippen LogP contribution in [0.4, 0.5) is 0 Å². The third-order valence-corrected chi connectivity index (χ3v) is 6.92. The summed E-state index contributed by atoms with van der Waals surface area (Å²) in [6, 6.07) is 12.6. The predicted molar refractivity (Wildman–Crippen MR) is 138 cm³/mol. The van der Waals surface area contributed by atoms with Crippen molar-refractivity contribution in [2.75, 3.05) is 26.6 Å². The molecule has 34 heavy (non-hydrogen) atoms. The van der Waals surface area contributed by atoms with Gasteiger partial charge in [-0.25, -0.2) is 0 Å². The molecule has 0 radical (unpaired) electrons. The molecule has 0 aromatic heterocycles. The maximum atomic E-state index is 13.6. The Bertz CT molecular complexity index is 981. The number of rotatable bonds is 10. The number of alkyl halides is 1. The molecule has 8 heteroatoms. The van der Waals surface area contributed by atoms with Crippen molar-refractivity contribution in [1.82, 2.24) is 10.2 Å². The van der Waals surface area contributed by atoms with Crippen LogP contribution in [0, 0.1) is 0 Å². The molecule has 0 aliphatic heterocycles. The number of halogens is 2. The summed E-state index contributed by atoms with van der Waals surface area (Å²) in [5.74, 6) is 0.599. The van der Waals surface area contributed by atoms with Gasteiger partial charge >= 0.3 is 0 Å². The summed E-state index contributed by atoms with van der Waals surface area (Å²) >= 11 is 9.51. The first kappa shape index (κ1) is 26.4. The van der Waals surface area contributed by atoms with Crippen LogP contribution in [0.15, 0.2) is 46.9 Å². The molecule has 0 spiro atoms. The van der Waals surface area contributed by atoms with Crippen LogP contribution in [-0.2, 0) is 16.0 Å². The second-order valence-corrected chi connectivity index (χ2v) is 9.64. The monoisotopic (exact) mass is 550 g/mol. The first-order valence-corrected chi connectivity index (χ1v) is 12.9. The average Bonchev–Trinajstić information content (AvgIpc) is 2.86. The lowest BCUT2D eigenvalue weighted by Crippen LogP contribution is -2.48. The number of hydrogen-bond acceptors (Lipinski definition) is 4. The van der Waals surface area contributed by atoms with Crippen molar-refractivity contribution >= 4 is 39.3 Å². The number of ether oxygens (including phenoxy) is 2. The van der Waals surface area contributed by atoms with Crippen molar-refractivity contribution in [2.24, 2.45) is 0 Å². The molecule has 1 N–H and O–H groups in total. The fraction of sp³-hybridized carbons (Fsp3) is 0.462. The first-order valence-electron chi connectivity index (χ1n) is 11.6. The van der Waals surface area contributed by atoms with Gasteiger partial charge < -0.3 is 19.7 Å². The zero-order chi connectivity index (χ0) is 24.5. The highest BCUT2D eigenvalue weighted by molar-refractivity contribution is 9.10. The fourth-order valence-electron chi connectivity index (χ4n) is 4.44. The summed E-state index contributed by atoms with van der Waals surface area (Å²) in [5, 5.41) is 3.20. The minimum absolute atomic E-state index is 0.134. The van der Waals surface area contributed by atoms with Gasteiger partial charge in [0, 0.05) is 17.1 Å². The summed E-state index contributed by atoms with van der Waals surface area (Å²) in [7, 11) is 3.18. The van der Waals surface area contributed by atoms with E-state index < -0.39 is 6.04 Å². The van der Waals surface area contributed by atoms with Gasteiger partial charge in [0.1, 0.15) is 11.9 Å². The molecule has 0 saturated heterocycles. The molecule has 2 amide bonds. The fourth-order valence-corrected chi connectivity index (χ4v) is 5.01. The minimum atomic E-state index is -0.772. The van der Waals surface area contributed by atoms with Crippen LogP contribution >= 0.6 is 27.5 Å². The van der Waals surface area contributed by atoms with E-state index in [1.165, 1.54) is 6.42 Å². The van der Waals surface area contributed by atoms with Crippen molar-refractivity contribution < 1.29 is 19.1 Å². The average molecular weight is 552 g/mol. The summed E-state index contributed by atoms with van der Waals surface area (Å²) in [6.45, 7) is 0.330. The van der Waals surface area contributed by atoms with E-state index in [1.54, 1.807) is 19.1 Å². The minimum Gasteiger partial charge on any atom is -0.493 e. The topological polar surface area (TPSA) is 67.9 Å². The molecule has 0 heterocycles. The Kier molecular flexibility index (Phi) is 10.1. The third-order valence-electron chi connectivity index (χ3n) is 6.20. The SMILES string of the molecule is COc1ccc(CCN(C(=O)CCl)C(C(=O)NC2CCCCC2)c2cccc(Br)c2)cc1OC. The van der Waals surface area contributed by atoms with Gasteiger partial charge in [0.25, 0.3) is 0 Å². The van der Waals surface area contributed by atoms with E-state index in [1.807, 2.05) is 42.5 Å². The predicted octanol–water partition coefficient (Wildman–Crippen LogP) is 5.27. The molecule has 2 aromatic carbocycles. The van der Waals surface area contributed by atoms with E-state index in [0.29, 0.717) is 24.5 Å². The van der Waals surface area contributed by atoms with Gasteiger partial charge in [-0.2, -0.15) is 0 Å². The highest BCUT2D eigenvalue weighted by atomic mass is 79.9. The van der Waals surface area contributed by atoms with E-state index in [-0.39, 0.29) is 23.7 Å². The van der Waals surface area contributed by atoms with Crippen molar-refractivity contribution in [3.8, 4) is 11.5 Å². The summed E-state index contributed by atoms with van der Waals surface area (Å²) in [6.07, 6.45) is 5.87. The van der Waals surface area contributed by atoms with Gasteiger partial charge in [0.15, 0.2) is 11.5 Å². The van der Waals surface area contributed by atoms with E-state index in [9.17, 15) is 9.59 Å². The Morgan fingerprint density at radius 2 is 1.82 bits per heavy atom. The van der Waals surface area contributed by atoms with Crippen LogP contribution < -0.4 is 14.8 Å². The number of carbonyl (C=O) groups is 2. The Hall–Kier alpha value is -2.25. The Labute approximate surface area is 215 Å². The van der Waals surface area contributed by atoms with E-state index in [4.69, 9.17) is 21.1 Å². The normalized spacial score (nSPS) is 14.8. The van der Waals surface area contributed by atoms with Crippen molar-refractivity contribution in [1.29, 1.82) is 0 Å². The van der Waals surface area contributed by atoms with Crippen molar-refractivity contribution in [3.63, 3.8) is 0 Å². The number of methoxy groups -OCH3 is 2. The van der Waals surface area contributed by atoms with Crippen LogP contribution in [0.2, 0.25) is 0 Å². The van der Waals surface area contributed by atoms with Crippen LogP contribution in [0.25, 0.3) is 0 Å². The molecular weight excluding hydrogens is 520 g/mol. The zero-order valence-corrected chi connectivity index (χ0v) is 22.0. The number of amides is 2. The largest absolute Gasteiger partial charge is 0.493 e. The number of nitrogens with one attached hydrogen (secondary N) is 1. The molecule has 1 unspecified atom stereocenters. The number of hydrogen-bond donors (Lipinski definition) is 1. The van der Waals surface area contributed by atoms with E-state index in [0.717, 1.165) is 41.3 Å². The van der Waals surface area contributed by atoms with Crippen molar-refractivity contribution in [2.45, 2.75) is 50.6 Å². The number of carbonyl (C=O) groups excluding carboxylic acids is 2. The van der Waals surface area contributed by atoms with E-state index in [2.05, 4.69) is 21.2 Å². The van der Waals surface area contributed by atoms with Gasteiger partial charge in [-0.05, 0) is 54.7 Å². The molecule has 184 valence electrons. The molecule has 6 nitrogen and oxygen atoms in total. The van der Waals surface area contributed by atoms with E-state index >= 15 is 0 Å². The second kappa shape index (κ2) is 13.0. The quantitative estimate of drug-likeness (QED) is 0.409. The summed E-state index contributed by atoms with van der Waals surface area (Å²) in [5.41, 5.74) is 1.71.